The molecule has 0 heterocycles. The third-order valence-electron chi connectivity index (χ3n) is 2.57. The van der Waals surface area contributed by atoms with Crippen molar-refractivity contribution < 1.29 is 14.0 Å². The molecule has 18 heavy (non-hydrogen) atoms. The fraction of sp³-hybridized carbons (Fsp3) is 0.846. The van der Waals surface area contributed by atoms with Crippen LogP contribution in [0.25, 0.3) is 0 Å². The molecule has 0 spiro atoms. The molecule has 0 aliphatic heterocycles. The van der Waals surface area contributed by atoms with E-state index in [0.29, 0.717) is 12.8 Å². The standard InChI is InChI=1S/C13H26NO3Si/c1-11(17-18(2,3)4)13(16)9-7-5-6-8-12(14)10-15/h11-12H,5-9,14H2,1-4H3. The highest BCUT2D eigenvalue weighted by Gasteiger charge is 2.22. The summed E-state index contributed by atoms with van der Waals surface area (Å²) in [6, 6.07) is -0.477. The fourth-order valence-corrected chi connectivity index (χ4v) is 2.89. The quantitative estimate of drug-likeness (QED) is 0.489. The first-order valence-corrected chi connectivity index (χ1v) is 10.0. The summed E-state index contributed by atoms with van der Waals surface area (Å²) in [4.78, 5) is 22.0. The van der Waals surface area contributed by atoms with E-state index in [1.807, 2.05) is 6.92 Å². The molecule has 0 aromatic carbocycles. The predicted octanol–water partition coefficient (Wildman–Crippen LogP) is 2.18. The Kier molecular flexibility index (Phi) is 8.31. The number of carbonyl (C=O) groups excluding carboxylic acids is 2. The van der Waals surface area contributed by atoms with Crippen LogP contribution in [-0.4, -0.2) is 32.5 Å². The largest absolute Gasteiger partial charge is 0.408 e. The van der Waals surface area contributed by atoms with Gasteiger partial charge in [-0.05, 0) is 39.4 Å². The second-order valence-corrected chi connectivity index (χ2v) is 10.1. The van der Waals surface area contributed by atoms with E-state index >= 15 is 0 Å². The van der Waals surface area contributed by atoms with E-state index in [1.54, 1.807) is 6.29 Å². The lowest BCUT2D eigenvalue weighted by atomic mass is 10.1. The van der Waals surface area contributed by atoms with Gasteiger partial charge < -0.3 is 10.2 Å². The minimum atomic E-state index is -1.64. The zero-order valence-electron chi connectivity index (χ0n) is 12.0. The lowest BCUT2D eigenvalue weighted by Gasteiger charge is -2.22. The molecule has 0 aromatic heterocycles. The average molecular weight is 272 g/mol. The number of nitrogens with two attached hydrogens (primary N) is 1. The molecule has 0 aliphatic rings. The number of rotatable bonds is 10. The topological polar surface area (TPSA) is 69.4 Å². The molecule has 5 heteroatoms. The van der Waals surface area contributed by atoms with Crippen molar-refractivity contribution in [3.63, 3.8) is 0 Å². The third kappa shape index (κ3) is 9.50. The van der Waals surface area contributed by atoms with Crippen LogP contribution in [0.4, 0.5) is 0 Å². The lowest BCUT2D eigenvalue weighted by Crippen LogP contribution is -2.34. The first-order chi connectivity index (χ1) is 8.26. The first-order valence-electron chi connectivity index (χ1n) is 6.60. The Bertz CT molecular complexity index is 263. The van der Waals surface area contributed by atoms with Crippen molar-refractivity contribution in [2.45, 2.75) is 70.8 Å². The highest BCUT2D eigenvalue weighted by molar-refractivity contribution is 6.69. The number of ketones is 1. The number of Topliss-reactive ketones (excluding diaryl/α,β-unsaturated/α-hetero) is 1. The average Bonchev–Trinajstić information content (AvgIpc) is 2.25. The number of hydrogen-bond donors (Lipinski definition) is 1. The Morgan fingerprint density at radius 1 is 1.28 bits per heavy atom. The molecule has 0 rings (SSSR count). The van der Waals surface area contributed by atoms with Gasteiger partial charge in [-0.1, -0.05) is 12.8 Å². The van der Waals surface area contributed by atoms with E-state index in [0.717, 1.165) is 19.3 Å². The van der Waals surface area contributed by atoms with Crippen molar-refractivity contribution in [3.8, 4) is 0 Å². The fourth-order valence-electron chi connectivity index (χ4n) is 1.70. The maximum Gasteiger partial charge on any atom is 0.216 e. The number of carbonyl (C=O) groups is 1. The highest BCUT2D eigenvalue weighted by atomic mass is 28.4. The molecule has 0 saturated carbocycles. The Labute approximate surface area is 111 Å². The maximum atomic E-state index is 11.8. The maximum absolute atomic E-state index is 11.8. The van der Waals surface area contributed by atoms with Crippen LogP contribution in [0.15, 0.2) is 0 Å². The number of unbranched alkanes of at least 4 members (excludes halogenated alkanes) is 2. The minimum absolute atomic E-state index is 0.170. The van der Waals surface area contributed by atoms with Gasteiger partial charge in [0.2, 0.25) is 6.29 Å². The normalized spacial score (nSPS) is 15.2. The summed E-state index contributed by atoms with van der Waals surface area (Å²) in [5.41, 5.74) is 5.43. The van der Waals surface area contributed by atoms with Crippen LogP contribution < -0.4 is 5.73 Å². The second-order valence-electron chi connectivity index (χ2n) is 5.66. The summed E-state index contributed by atoms with van der Waals surface area (Å²) >= 11 is 0. The zero-order valence-corrected chi connectivity index (χ0v) is 13.0. The molecule has 0 aromatic rings. The molecule has 0 fully saturated rings. The first kappa shape index (κ1) is 17.5. The van der Waals surface area contributed by atoms with Gasteiger partial charge in [0, 0.05) is 6.42 Å². The number of hydrogen-bond acceptors (Lipinski definition) is 4. The smallest absolute Gasteiger partial charge is 0.216 e. The molecule has 1 radical (unpaired) electrons. The molecule has 0 bridgehead atoms. The van der Waals surface area contributed by atoms with Crippen molar-refractivity contribution in [1.29, 1.82) is 0 Å². The van der Waals surface area contributed by atoms with Crippen molar-refractivity contribution in [2.24, 2.45) is 5.73 Å². The van der Waals surface area contributed by atoms with Gasteiger partial charge in [0.05, 0.1) is 6.04 Å². The summed E-state index contributed by atoms with van der Waals surface area (Å²) in [5.74, 6) is 0.170. The molecule has 2 unspecified atom stereocenters. The van der Waals surface area contributed by atoms with E-state index in [-0.39, 0.29) is 11.9 Å². The van der Waals surface area contributed by atoms with E-state index in [2.05, 4.69) is 19.6 Å². The van der Waals surface area contributed by atoms with Crippen molar-refractivity contribution in [1.82, 2.24) is 0 Å². The summed E-state index contributed by atoms with van der Waals surface area (Å²) in [6.45, 7) is 8.06. The van der Waals surface area contributed by atoms with Crippen LogP contribution in [0, 0.1) is 0 Å². The molecular weight excluding hydrogens is 246 g/mol. The molecule has 4 nitrogen and oxygen atoms in total. The summed E-state index contributed by atoms with van der Waals surface area (Å²) in [5, 5.41) is 0. The van der Waals surface area contributed by atoms with Crippen molar-refractivity contribution in [3.05, 3.63) is 0 Å². The Morgan fingerprint density at radius 3 is 2.39 bits per heavy atom. The minimum Gasteiger partial charge on any atom is -0.408 e. The van der Waals surface area contributed by atoms with E-state index in [9.17, 15) is 9.59 Å². The van der Waals surface area contributed by atoms with E-state index in [1.165, 1.54) is 0 Å². The van der Waals surface area contributed by atoms with Gasteiger partial charge in [-0.3, -0.25) is 9.59 Å². The lowest BCUT2D eigenvalue weighted by molar-refractivity contribution is -0.125. The second kappa shape index (κ2) is 8.56. The van der Waals surface area contributed by atoms with Gasteiger partial charge in [0.15, 0.2) is 14.1 Å². The monoisotopic (exact) mass is 272 g/mol. The van der Waals surface area contributed by atoms with Crippen LogP contribution in [0.1, 0.15) is 39.0 Å². The summed E-state index contributed by atoms with van der Waals surface area (Å²) in [7, 11) is -1.64. The van der Waals surface area contributed by atoms with Crippen LogP contribution in [-0.2, 0) is 14.0 Å². The van der Waals surface area contributed by atoms with Crippen molar-refractivity contribution in [2.75, 3.05) is 0 Å². The molecular formula is C13H26NO3Si. The predicted molar refractivity (Wildman–Crippen MR) is 75.7 cm³/mol. The van der Waals surface area contributed by atoms with E-state index in [4.69, 9.17) is 10.2 Å². The molecule has 0 saturated heterocycles. The molecule has 2 atom stereocenters. The van der Waals surface area contributed by atoms with Crippen LogP contribution >= 0.6 is 0 Å². The van der Waals surface area contributed by atoms with Gasteiger partial charge in [0.25, 0.3) is 0 Å². The van der Waals surface area contributed by atoms with Gasteiger partial charge >= 0.3 is 0 Å². The van der Waals surface area contributed by atoms with Gasteiger partial charge in [-0.2, -0.15) is 0 Å². The SMILES string of the molecule is CC(O[Si](C)(C)C)C(=O)CCCCCC(N)[C]=O. The Morgan fingerprint density at radius 2 is 1.89 bits per heavy atom. The molecule has 2 N–H and O–H groups in total. The molecule has 105 valence electrons. The van der Waals surface area contributed by atoms with Crippen molar-refractivity contribution >= 4 is 20.4 Å². The van der Waals surface area contributed by atoms with Gasteiger partial charge in [-0.25, -0.2) is 0 Å². The van der Waals surface area contributed by atoms with Gasteiger partial charge in [0.1, 0.15) is 6.10 Å². The van der Waals surface area contributed by atoms with Crippen LogP contribution in [0.3, 0.4) is 0 Å². The van der Waals surface area contributed by atoms with Crippen LogP contribution in [0.2, 0.25) is 19.6 Å². The third-order valence-corrected chi connectivity index (χ3v) is 3.63. The molecule has 0 amide bonds. The highest BCUT2D eigenvalue weighted by Crippen LogP contribution is 2.11. The molecule has 0 aliphatic carbocycles. The van der Waals surface area contributed by atoms with E-state index < -0.39 is 14.4 Å². The van der Waals surface area contributed by atoms with Crippen LogP contribution in [0.5, 0.6) is 0 Å². The Hall–Kier alpha value is -0.523. The summed E-state index contributed by atoms with van der Waals surface area (Å²) < 4.78 is 5.73. The Balaban J connectivity index is 3.67. The van der Waals surface area contributed by atoms with Gasteiger partial charge in [-0.15, -0.1) is 0 Å². The summed E-state index contributed by atoms with van der Waals surface area (Å²) in [6.07, 6.45) is 5.29. The zero-order chi connectivity index (χ0) is 14.2.